The quantitative estimate of drug-likeness (QED) is 0.605. The lowest BCUT2D eigenvalue weighted by molar-refractivity contribution is -0.111. The lowest BCUT2D eigenvalue weighted by atomic mass is 10.1. The summed E-state index contributed by atoms with van der Waals surface area (Å²) in [6, 6.07) is 15.4. The maximum atomic E-state index is 12.0. The minimum Gasteiger partial charge on any atom is -0.490 e. The Bertz CT molecular complexity index is 687. The Morgan fingerprint density at radius 3 is 2.70 bits per heavy atom. The second-order valence-electron chi connectivity index (χ2n) is 5.05. The highest BCUT2D eigenvalue weighted by Gasteiger charge is 1.99. The van der Waals surface area contributed by atoms with Crippen LogP contribution in [0.1, 0.15) is 18.1 Å². The summed E-state index contributed by atoms with van der Waals surface area (Å²) in [5.41, 5.74) is 2.95. The third-order valence-electron chi connectivity index (χ3n) is 3.28. The van der Waals surface area contributed by atoms with Crippen molar-refractivity contribution >= 4 is 17.7 Å². The highest BCUT2D eigenvalue weighted by atomic mass is 16.5. The number of carbonyl (C=O) groups is 1. The average Bonchev–Trinajstić information content (AvgIpc) is 2.59. The van der Waals surface area contributed by atoms with E-state index in [0.717, 1.165) is 23.4 Å². The summed E-state index contributed by atoms with van der Waals surface area (Å²) in [6.07, 6.45) is 5.94. The molecule has 0 radical (unpaired) electrons. The van der Waals surface area contributed by atoms with Gasteiger partial charge >= 0.3 is 0 Å². The number of hydrogen-bond donors (Lipinski definition) is 1. The number of anilines is 1. The van der Waals surface area contributed by atoms with Crippen molar-refractivity contribution in [2.45, 2.75) is 13.3 Å². The summed E-state index contributed by atoms with van der Waals surface area (Å²) in [6.45, 7) is 6.17. The van der Waals surface area contributed by atoms with Crippen molar-refractivity contribution < 1.29 is 9.53 Å². The zero-order chi connectivity index (χ0) is 16.5. The SMILES string of the molecule is C=CCOc1ccc(/C=C/C(=O)Nc2cccc(CC)c2)cc1. The highest BCUT2D eigenvalue weighted by molar-refractivity contribution is 6.01. The topological polar surface area (TPSA) is 38.3 Å². The molecule has 0 aliphatic carbocycles. The Labute approximate surface area is 137 Å². The Kier molecular flexibility index (Phi) is 6.18. The minimum absolute atomic E-state index is 0.148. The predicted molar refractivity (Wildman–Crippen MR) is 95.6 cm³/mol. The number of ether oxygens (including phenoxy) is 1. The van der Waals surface area contributed by atoms with Crippen LogP contribution in [0.25, 0.3) is 6.08 Å². The van der Waals surface area contributed by atoms with Crippen molar-refractivity contribution in [3.63, 3.8) is 0 Å². The van der Waals surface area contributed by atoms with Crippen LogP contribution in [0, 0.1) is 0 Å². The first kappa shape index (κ1) is 16.6. The van der Waals surface area contributed by atoms with Crippen LogP contribution in [0.4, 0.5) is 5.69 Å². The molecule has 118 valence electrons. The van der Waals surface area contributed by atoms with E-state index >= 15 is 0 Å². The van der Waals surface area contributed by atoms with Crippen LogP contribution in [0.15, 0.2) is 67.3 Å². The van der Waals surface area contributed by atoms with Gasteiger partial charge in [-0.3, -0.25) is 4.79 Å². The van der Waals surface area contributed by atoms with E-state index in [0.29, 0.717) is 6.61 Å². The highest BCUT2D eigenvalue weighted by Crippen LogP contribution is 2.14. The molecule has 0 bridgehead atoms. The summed E-state index contributed by atoms with van der Waals surface area (Å²) in [5, 5.41) is 2.86. The molecule has 0 saturated carbocycles. The van der Waals surface area contributed by atoms with Crippen molar-refractivity contribution in [1.29, 1.82) is 0 Å². The van der Waals surface area contributed by atoms with Gasteiger partial charge in [0.1, 0.15) is 12.4 Å². The zero-order valence-corrected chi connectivity index (χ0v) is 13.3. The van der Waals surface area contributed by atoms with E-state index in [1.807, 2.05) is 48.5 Å². The van der Waals surface area contributed by atoms with Gasteiger partial charge in [-0.2, -0.15) is 0 Å². The lowest BCUT2D eigenvalue weighted by Crippen LogP contribution is -2.07. The molecule has 3 nitrogen and oxygen atoms in total. The summed E-state index contributed by atoms with van der Waals surface area (Å²) in [4.78, 5) is 12.0. The molecule has 0 unspecified atom stereocenters. The van der Waals surface area contributed by atoms with Gasteiger partial charge < -0.3 is 10.1 Å². The molecule has 0 spiro atoms. The van der Waals surface area contributed by atoms with Crippen molar-refractivity contribution in [3.05, 3.63) is 78.4 Å². The monoisotopic (exact) mass is 307 g/mol. The van der Waals surface area contributed by atoms with Gasteiger partial charge in [0.25, 0.3) is 0 Å². The molecule has 2 aromatic rings. The standard InChI is InChI=1S/C20H21NO2/c1-3-14-23-19-11-8-17(9-12-19)10-13-20(22)21-18-7-5-6-16(4-2)15-18/h3,5-13,15H,1,4,14H2,2H3,(H,21,22)/b13-10+. The Morgan fingerprint density at radius 1 is 1.22 bits per heavy atom. The Balaban J connectivity index is 1.93. The fourth-order valence-corrected chi connectivity index (χ4v) is 2.06. The fraction of sp³-hybridized carbons (Fsp3) is 0.150. The third kappa shape index (κ3) is 5.47. The van der Waals surface area contributed by atoms with Crippen LogP contribution in [0.2, 0.25) is 0 Å². The molecule has 0 saturated heterocycles. The van der Waals surface area contributed by atoms with Gasteiger partial charge in [-0.1, -0.05) is 43.8 Å². The van der Waals surface area contributed by atoms with E-state index < -0.39 is 0 Å². The van der Waals surface area contributed by atoms with E-state index in [9.17, 15) is 4.79 Å². The lowest BCUT2D eigenvalue weighted by Gasteiger charge is -2.04. The molecule has 0 aliphatic rings. The van der Waals surface area contributed by atoms with Crippen LogP contribution in [0.3, 0.4) is 0 Å². The molecule has 0 aliphatic heterocycles. The molecule has 0 fully saturated rings. The van der Waals surface area contributed by atoms with Gasteiger partial charge in [0, 0.05) is 11.8 Å². The number of benzene rings is 2. The van der Waals surface area contributed by atoms with Crippen molar-refractivity contribution in [2.24, 2.45) is 0 Å². The number of aryl methyl sites for hydroxylation is 1. The molecule has 0 heterocycles. The van der Waals surface area contributed by atoms with E-state index in [4.69, 9.17) is 4.74 Å². The zero-order valence-electron chi connectivity index (χ0n) is 13.3. The second-order valence-corrected chi connectivity index (χ2v) is 5.05. The molecule has 0 atom stereocenters. The second kappa shape index (κ2) is 8.59. The molecule has 1 N–H and O–H groups in total. The van der Waals surface area contributed by atoms with Gasteiger partial charge in [-0.05, 0) is 47.9 Å². The Hall–Kier alpha value is -2.81. The number of amides is 1. The van der Waals surface area contributed by atoms with Gasteiger partial charge in [-0.25, -0.2) is 0 Å². The van der Waals surface area contributed by atoms with Gasteiger partial charge in [-0.15, -0.1) is 0 Å². The van der Waals surface area contributed by atoms with E-state index in [1.54, 1.807) is 12.2 Å². The largest absolute Gasteiger partial charge is 0.490 e. The summed E-state index contributed by atoms with van der Waals surface area (Å²) in [5.74, 6) is 0.633. The first-order chi connectivity index (χ1) is 11.2. The molecule has 23 heavy (non-hydrogen) atoms. The van der Waals surface area contributed by atoms with Crippen molar-refractivity contribution in [2.75, 3.05) is 11.9 Å². The maximum Gasteiger partial charge on any atom is 0.248 e. The first-order valence-corrected chi connectivity index (χ1v) is 7.63. The molecule has 2 rings (SSSR count). The average molecular weight is 307 g/mol. The van der Waals surface area contributed by atoms with Crippen molar-refractivity contribution in [3.8, 4) is 5.75 Å². The smallest absolute Gasteiger partial charge is 0.248 e. The molecule has 3 heteroatoms. The summed E-state index contributed by atoms with van der Waals surface area (Å²) in [7, 11) is 0. The van der Waals surface area contributed by atoms with E-state index in [1.165, 1.54) is 11.6 Å². The molecular formula is C20H21NO2. The van der Waals surface area contributed by atoms with Crippen LogP contribution in [-0.2, 0) is 11.2 Å². The van der Waals surface area contributed by atoms with Crippen molar-refractivity contribution in [1.82, 2.24) is 0 Å². The number of carbonyl (C=O) groups excluding carboxylic acids is 1. The first-order valence-electron chi connectivity index (χ1n) is 7.63. The van der Waals surface area contributed by atoms with Crippen LogP contribution in [-0.4, -0.2) is 12.5 Å². The van der Waals surface area contributed by atoms with E-state index in [-0.39, 0.29) is 5.91 Å². The fourth-order valence-electron chi connectivity index (χ4n) is 2.06. The minimum atomic E-state index is -0.148. The van der Waals surface area contributed by atoms with Crippen LogP contribution >= 0.6 is 0 Å². The number of nitrogens with one attached hydrogen (secondary N) is 1. The number of rotatable bonds is 7. The number of hydrogen-bond acceptors (Lipinski definition) is 2. The molecule has 1 amide bonds. The van der Waals surface area contributed by atoms with Gasteiger partial charge in [0.2, 0.25) is 5.91 Å². The van der Waals surface area contributed by atoms with Gasteiger partial charge in [0.15, 0.2) is 0 Å². The normalized spacial score (nSPS) is 10.5. The van der Waals surface area contributed by atoms with Crippen LogP contribution in [0.5, 0.6) is 5.75 Å². The predicted octanol–water partition coefficient (Wildman–Crippen LogP) is 4.47. The summed E-state index contributed by atoms with van der Waals surface area (Å²) < 4.78 is 5.42. The van der Waals surface area contributed by atoms with Crippen LogP contribution < -0.4 is 10.1 Å². The maximum absolute atomic E-state index is 12.0. The molecule has 2 aromatic carbocycles. The van der Waals surface area contributed by atoms with Gasteiger partial charge in [0.05, 0.1) is 0 Å². The molecule has 0 aromatic heterocycles. The van der Waals surface area contributed by atoms with E-state index in [2.05, 4.69) is 18.8 Å². The third-order valence-corrected chi connectivity index (χ3v) is 3.28. The molecular weight excluding hydrogens is 286 g/mol. The Morgan fingerprint density at radius 2 is 2.00 bits per heavy atom. The summed E-state index contributed by atoms with van der Waals surface area (Å²) >= 11 is 0.